The summed E-state index contributed by atoms with van der Waals surface area (Å²) in [5, 5.41) is 1.19. The molecule has 0 spiro atoms. The number of hydrogen-bond donors (Lipinski definition) is 2. The minimum absolute atomic E-state index is 0.138. The van der Waals surface area contributed by atoms with Gasteiger partial charge in [0, 0.05) is 42.8 Å². The molecule has 0 aliphatic heterocycles. The van der Waals surface area contributed by atoms with Crippen LogP contribution in [0.5, 0.6) is 0 Å². The van der Waals surface area contributed by atoms with Crippen molar-refractivity contribution in [2.24, 2.45) is 0 Å². The zero-order chi connectivity index (χ0) is 20.6. The van der Waals surface area contributed by atoms with Gasteiger partial charge in [0.2, 0.25) is 0 Å². The fraction of sp³-hybridized carbons (Fsp3) is 0.0952. The van der Waals surface area contributed by atoms with Gasteiger partial charge in [-0.3, -0.25) is 4.72 Å². The summed E-state index contributed by atoms with van der Waals surface area (Å²) in [6.45, 7) is 0. The van der Waals surface area contributed by atoms with Crippen molar-refractivity contribution in [2.75, 3.05) is 23.7 Å². The van der Waals surface area contributed by atoms with E-state index in [0.29, 0.717) is 21.7 Å². The largest absolute Gasteiger partial charge is 0.378 e. The topological polar surface area (TPSA) is 78.1 Å². The van der Waals surface area contributed by atoms with Gasteiger partial charge in [0.05, 0.1) is 16.0 Å². The van der Waals surface area contributed by atoms with E-state index in [1.54, 1.807) is 24.4 Å². The molecule has 0 fully saturated rings. The van der Waals surface area contributed by atoms with E-state index in [0.717, 1.165) is 16.8 Å². The predicted octanol–water partition coefficient (Wildman–Crippen LogP) is 4.75. The number of hydrogen-bond acceptors (Lipinski definition) is 4. The lowest BCUT2D eigenvalue weighted by Crippen LogP contribution is -2.13. The number of rotatable bonds is 5. The number of benzene rings is 2. The number of sulfonamides is 1. The Kier molecular flexibility index (Phi) is 4.94. The van der Waals surface area contributed by atoms with E-state index in [-0.39, 0.29) is 4.90 Å². The Morgan fingerprint density at radius 1 is 1.07 bits per heavy atom. The highest BCUT2D eigenvalue weighted by Gasteiger charge is 2.18. The lowest BCUT2D eigenvalue weighted by Gasteiger charge is -2.14. The molecular formula is C21H19ClN4O2S. The molecule has 8 heteroatoms. The molecule has 0 unspecified atom stereocenters. The molecule has 0 aliphatic rings. The summed E-state index contributed by atoms with van der Waals surface area (Å²) in [5.74, 6) is 0. The molecule has 2 aromatic heterocycles. The first-order chi connectivity index (χ1) is 13.8. The minimum Gasteiger partial charge on any atom is -0.378 e. The predicted molar refractivity (Wildman–Crippen MR) is 118 cm³/mol. The molecule has 29 heavy (non-hydrogen) atoms. The summed E-state index contributed by atoms with van der Waals surface area (Å²) < 4.78 is 28.4. The summed E-state index contributed by atoms with van der Waals surface area (Å²) in [5.41, 5.74) is 3.93. The van der Waals surface area contributed by atoms with E-state index >= 15 is 0 Å². The number of H-pyrrole nitrogens is 1. The van der Waals surface area contributed by atoms with Crippen LogP contribution >= 0.6 is 11.6 Å². The summed E-state index contributed by atoms with van der Waals surface area (Å²) in [4.78, 5) is 9.63. The average Bonchev–Trinajstić information content (AvgIpc) is 3.13. The molecule has 4 aromatic rings. The van der Waals surface area contributed by atoms with Gasteiger partial charge in [-0.05, 0) is 48.0 Å². The second-order valence-electron chi connectivity index (χ2n) is 6.79. The Balaban J connectivity index is 1.81. The number of aromatic amines is 1. The van der Waals surface area contributed by atoms with Crippen molar-refractivity contribution in [1.29, 1.82) is 0 Å². The minimum atomic E-state index is -3.78. The van der Waals surface area contributed by atoms with Crippen LogP contribution in [0, 0.1) is 0 Å². The first-order valence-corrected chi connectivity index (χ1v) is 10.7. The molecule has 0 amide bonds. The zero-order valence-electron chi connectivity index (χ0n) is 15.8. The maximum atomic E-state index is 12.9. The third-order valence-corrected chi connectivity index (χ3v) is 6.25. The number of nitrogens with one attached hydrogen (secondary N) is 2. The molecular weight excluding hydrogens is 408 g/mol. The van der Waals surface area contributed by atoms with Crippen molar-refractivity contribution in [3.63, 3.8) is 0 Å². The van der Waals surface area contributed by atoms with Gasteiger partial charge in [0.1, 0.15) is 5.65 Å². The summed E-state index contributed by atoms with van der Waals surface area (Å²) in [6, 6.07) is 15.7. The second-order valence-corrected chi connectivity index (χ2v) is 8.91. The van der Waals surface area contributed by atoms with E-state index in [1.165, 1.54) is 12.1 Å². The Labute approximate surface area is 174 Å². The Hall–Kier alpha value is -3.03. The van der Waals surface area contributed by atoms with Crippen LogP contribution in [-0.4, -0.2) is 32.5 Å². The van der Waals surface area contributed by atoms with Crippen LogP contribution in [0.1, 0.15) is 0 Å². The van der Waals surface area contributed by atoms with Gasteiger partial charge in [0.25, 0.3) is 10.0 Å². The van der Waals surface area contributed by atoms with Gasteiger partial charge in [-0.1, -0.05) is 23.7 Å². The second kappa shape index (κ2) is 7.42. The van der Waals surface area contributed by atoms with Gasteiger partial charge in [-0.2, -0.15) is 0 Å². The average molecular weight is 427 g/mol. The molecule has 6 nitrogen and oxygen atoms in total. The van der Waals surface area contributed by atoms with E-state index in [1.807, 2.05) is 49.5 Å². The van der Waals surface area contributed by atoms with E-state index < -0.39 is 10.0 Å². The number of anilines is 2. The molecule has 0 aliphatic carbocycles. The molecule has 0 bridgehead atoms. The summed E-state index contributed by atoms with van der Waals surface area (Å²) >= 11 is 5.88. The van der Waals surface area contributed by atoms with Crippen molar-refractivity contribution in [3.8, 4) is 11.1 Å². The quantitative estimate of drug-likeness (QED) is 0.482. The van der Waals surface area contributed by atoms with Crippen molar-refractivity contribution in [3.05, 3.63) is 72.0 Å². The van der Waals surface area contributed by atoms with Gasteiger partial charge in [-0.15, -0.1) is 0 Å². The first kappa shape index (κ1) is 19.3. The van der Waals surface area contributed by atoms with Crippen molar-refractivity contribution >= 4 is 44.0 Å². The molecule has 0 saturated carbocycles. The van der Waals surface area contributed by atoms with E-state index in [9.17, 15) is 8.42 Å². The smallest absolute Gasteiger partial charge is 0.261 e. The number of fused-ring (bicyclic) bond motifs is 1. The molecule has 2 aromatic carbocycles. The zero-order valence-corrected chi connectivity index (χ0v) is 17.4. The first-order valence-electron chi connectivity index (χ1n) is 8.87. The van der Waals surface area contributed by atoms with Crippen molar-refractivity contribution in [1.82, 2.24) is 9.97 Å². The normalized spacial score (nSPS) is 11.6. The van der Waals surface area contributed by atoms with Crippen LogP contribution in [0.25, 0.3) is 22.2 Å². The standard InChI is InChI=1S/C21H19ClN4O2S/c1-26(2)16-5-3-4-14(12-16)18-13-24-21-20(18)19(10-11-23-21)25-29(27,28)17-8-6-15(22)7-9-17/h3-13H,1-2H3,(H2,23,24,25). The van der Waals surface area contributed by atoms with Crippen LogP contribution in [0.2, 0.25) is 5.02 Å². The number of halogens is 1. The van der Waals surface area contributed by atoms with Gasteiger partial charge < -0.3 is 9.88 Å². The van der Waals surface area contributed by atoms with E-state index in [4.69, 9.17) is 11.6 Å². The fourth-order valence-electron chi connectivity index (χ4n) is 3.14. The number of nitrogens with zero attached hydrogens (tertiary/aromatic N) is 2. The Morgan fingerprint density at radius 3 is 2.55 bits per heavy atom. The fourth-order valence-corrected chi connectivity index (χ4v) is 4.34. The third kappa shape index (κ3) is 3.79. The molecule has 4 rings (SSSR count). The summed E-state index contributed by atoms with van der Waals surface area (Å²) in [6.07, 6.45) is 3.41. The summed E-state index contributed by atoms with van der Waals surface area (Å²) in [7, 11) is 0.169. The Morgan fingerprint density at radius 2 is 1.83 bits per heavy atom. The highest BCUT2D eigenvalue weighted by atomic mass is 35.5. The van der Waals surface area contributed by atoms with Crippen molar-refractivity contribution in [2.45, 2.75) is 4.90 Å². The van der Waals surface area contributed by atoms with Gasteiger partial charge in [-0.25, -0.2) is 13.4 Å². The monoisotopic (exact) mass is 426 g/mol. The van der Waals surface area contributed by atoms with E-state index in [2.05, 4.69) is 14.7 Å². The Bertz CT molecular complexity index is 1280. The van der Waals surface area contributed by atoms with Crippen LogP contribution in [0.3, 0.4) is 0 Å². The van der Waals surface area contributed by atoms with Gasteiger partial charge in [0.15, 0.2) is 0 Å². The van der Waals surface area contributed by atoms with Crippen molar-refractivity contribution < 1.29 is 8.42 Å². The number of aromatic nitrogens is 2. The highest BCUT2D eigenvalue weighted by molar-refractivity contribution is 7.92. The van der Waals surface area contributed by atoms with Crippen LogP contribution in [0.15, 0.2) is 71.9 Å². The third-order valence-electron chi connectivity index (χ3n) is 4.62. The molecule has 0 saturated heterocycles. The molecule has 2 N–H and O–H groups in total. The number of pyridine rings is 1. The molecule has 0 radical (unpaired) electrons. The SMILES string of the molecule is CN(C)c1cccc(-c2c[nH]c3nccc(NS(=O)(=O)c4ccc(Cl)cc4)c23)c1. The van der Waals surface area contributed by atoms with Gasteiger partial charge >= 0.3 is 0 Å². The lowest BCUT2D eigenvalue weighted by molar-refractivity contribution is 0.601. The lowest BCUT2D eigenvalue weighted by atomic mass is 10.0. The van der Waals surface area contributed by atoms with Crippen LogP contribution in [-0.2, 0) is 10.0 Å². The maximum Gasteiger partial charge on any atom is 0.261 e. The highest BCUT2D eigenvalue weighted by Crippen LogP contribution is 2.35. The van der Waals surface area contributed by atoms with Crippen LogP contribution < -0.4 is 9.62 Å². The maximum absolute atomic E-state index is 12.9. The molecule has 0 atom stereocenters. The molecule has 148 valence electrons. The van der Waals surface area contributed by atoms with Crippen LogP contribution in [0.4, 0.5) is 11.4 Å². The molecule has 2 heterocycles.